The van der Waals surface area contributed by atoms with Crippen LogP contribution in [0.2, 0.25) is 0 Å². The fourth-order valence-corrected chi connectivity index (χ4v) is 4.66. The van der Waals surface area contributed by atoms with Crippen LogP contribution < -0.4 is 21.5 Å². The molecule has 0 radical (unpaired) electrons. The van der Waals surface area contributed by atoms with Crippen molar-refractivity contribution in [3.05, 3.63) is 56.9 Å². The van der Waals surface area contributed by atoms with E-state index in [1.807, 2.05) is 0 Å². The number of aliphatic hydroxyl groups excluding tert-OH is 2. The maximum absolute atomic E-state index is 12.4. The third kappa shape index (κ3) is 4.93. The van der Waals surface area contributed by atoms with Gasteiger partial charge >= 0.3 is 7.82 Å². The zero-order valence-corrected chi connectivity index (χ0v) is 20.5. The molecule has 4 aromatic rings. The third-order valence-electron chi connectivity index (χ3n) is 5.82. The van der Waals surface area contributed by atoms with Crippen LogP contribution in [0.25, 0.3) is 22.1 Å². The van der Waals surface area contributed by atoms with Gasteiger partial charge in [0.1, 0.15) is 42.0 Å². The number of methoxy groups -OCH3 is 1. The number of hydrogen-bond donors (Lipinski definition) is 5. The lowest BCUT2D eigenvalue weighted by Gasteiger charge is -2.17. The lowest BCUT2D eigenvalue weighted by Crippen LogP contribution is -2.33. The highest BCUT2D eigenvalue weighted by Gasteiger charge is 2.45. The van der Waals surface area contributed by atoms with E-state index in [4.69, 9.17) is 28.7 Å². The molecule has 1 aliphatic heterocycles. The molecular weight excluding hydrogens is 529 g/mol. The Kier molecular flexibility index (Phi) is 6.79. The van der Waals surface area contributed by atoms with Crippen molar-refractivity contribution < 1.29 is 42.6 Å². The van der Waals surface area contributed by atoms with Gasteiger partial charge in [0.05, 0.1) is 25.4 Å². The topological polar surface area (TPSA) is 234 Å². The SMILES string of the molecule is COc1ccc2c(=O)cc(COP(=O)(O)OC[C@H]3O[C@@H](n4cnc5c(=O)[nH]c(N)nc54)[C@H](O)[C@@H]3O)oc2c1. The van der Waals surface area contributed by atoms with Gasteiger partial charge in [0, 0.05) is 12.1 Å². The molecule has 5 atom stereocenters. The Labute approximate surface area is 211 Å². The summed E-state index contributed by atoms with van der Waals surface area (Å²) in [4.78, 5) is 44.6. The second kappa shape index (κ2) is 9.92. The number of H-pyrrole nitrogens is 1. The molecule has 0 amide bonds. The fraction of sp³-hybridized carbons (Fsp3) is 0.333. The van der Waals surface area contributed by atoms with Crippen LogP contribution in [0.1, 0.15) is 12.0 Å². The highest BCUT2D eigenvalue weighted by atomic mass is 31.2. The van der Waals surface area contributed by atoms with E-state index in [9.17, 15) is 29.3 Å². The number of aromatic nitrogens is 4. The van der Waals surface area contributed by atoms with Gasteiger partial charge in [-0.15, -0.1) is 0 Å². The number of anilines is 1. The summed E-state index contributed by atoms with van der Waals surface area (Å²) < 4.78 is 39.8. The van der Waals surface area contributed by atoms with Crippen molar-refractivity contribution in [2.45, 2.75) is 31.1 Å². The molecule has 1 aromatic carbocycles. The minimum atomic E-state index is -4.73. The fourth-order valence-electron chi connectivity index (χ4n) is 3.96. The van der Waals surface area contributed by atoms with Crippen LogP contribution >= 0.6 is 7.82 Å². The molecule has 1 aliphatic rings. The van der Waals surface area contributed by atoms with Crippen molar-refractivity contribution in [3.8, 4) is 5.75 Å². The minimum Gasteiger partial charge on any atom is -0.497 e. The van der Waals surface area contributed by atoms with Crippen molar-refractivity contribution in [1.29, 1.82) is 0 Å². The zero-order chi connectivity index (χ0) is 27.2. The Morgan fingerprint density at radius 3 is 2.76 bits per heavy atom. The predicted octanol–water partition coefficient (Wildman–Crippen LogP) is -0.230. The highest BCUT2D eigenvalue weighted by Crippen LogP contribution is 2.45. The van der Waals surface area contributed by atoms with Gasteiger partial charge in [-0.3, -0.25) is 28.2 Å². The number of nitrogens with one attached hydrogen (secondary N) is 1. The summed E-state index contributed by atoms with van der Waals surface area (Å²) >= 11 is 0. The predicted molar refractivity (Wildman–Crippen MR) is 128 cm³/mol. The van der Waals surface area contributed by atoms with Crippen LogP contribution in [-0.4, -0.2) is 66.7 Å². The van der Waals surface area contributed by atoms with Gasteiger partial charge < -0.3 is 34.7 Å². The molecule has 5 rings (SSSR count). The first-order valence-corrected chi connectivity index (χ1v) is 12.5. The highest BCUT2D eigenvalue weighted by molar-refractivity contribution is 7.47. The number of nitrogen functional groups attached to an aromatic ring is 1. The van der Waals surface area contributed by atoms with Gasteiger partial charge in [-0.2, -0.15) is 4.98 Å². The van der Waals surface area contributed by atoms with Crippen molar-refractivity contribution in [2.75, 3.05) is 19.5 Å². The molecule has 17 heteroatoms. The molecular formula is C21H22N5O11P. The molecule has 0 saturated carbocycles. The Morgan fingerprint density at radius 1 is 1.21 bits per heavy atom. The Bertz CT molecular complexity index is 1670. The number of phosphoric ester groups is 1. The molecule has 1 fully saturated rings. The van der Waals surface area contributed by atoms with Gasteiger partial charge in [0.25, 0.3) is 5.56 Å². The van der Waals surface area contributed by atoms with Gasteiger partial charge in [0.2, 0.25) is 5.95 Å². The van der Waals surface area contributed by atoms with Crippen LogP contribution in [0.5, 0.6) is 5.75 Å². The first kappa shape index (κ1) is 26.0. The van der Waals surface area contributed by atoms with E-state index in [0.717, 1.165) is 6.07 Å². The van der Waals surface area contributed by atoms with Crippen LogP contribution in [0, 0.1) is 0 Å². The number of ether oxygens (including phenoxy) is 2. The molecule has 0 aliphatic carbocycles. The van der Waals surface area contributed by atoms with Gasteiger partial charge in [-0.1, -0.05) is 0 Å². The molecule has 202 valence electrons. The maximum Gasteiger partial charge on any atom is 0.472 e. The molecule has 0 bridgehead atoms. The van der Waals surface area contributed by atoms with E-state index in [0.29, 0.717) is 5.75 Å². The number of fused-ring (bicyclic) bond motifs is 2. The summed E-state index contributed by atoms with van der Waals surface area (Å²) in [6, 6.07) is 5.71. The number of benzene rings is 1. The van der Waals surface area contributed by atoms with E-state index >= 15 is 0 Å². The third-order valence-corrected chi connectivity index (χ3v) is 6.75. The first-order valence-electron chi connectivity index (χ1n) is 11.0. The van der Waals surface area contributed by atoms with E-state index < -0.39 is 56.6 Å². The van der Waals surface area contributed by atoms with E-state index in [1.54, 1.807) is 6.07 Å². The van der Waals surface area contributed by atoms with E-state index in [1.165, 1.54) is 30.1 Å². The van der Waals surface area contributed by atoms with Crippen LogP contribution in [0.15, 0.2) is 44.6 Å². The standard InChI is InChI=1S/C21H22N5O11P/c1-33-9-2-3-11-12(27)4-10(36-13(11)5-9)6-34-38(31,32)35-7-14-16(28)17(29)20(37-14)26-8-23-15-18(26)24-21(22)25-19(15)30/h2-5,8,14,16-17,20,28-29H,6-7H2,1H3,(H,31,32)(H3,22,24,25,30)/t14-,16-,17-,20-/m1/s1. The number of nitrogens with zero attached hydrogens (tertiary/aromatic N) is 3. The Hall–Kier alpha value is -3.63. The summed E-state index contributed by atoms with van der Waals surface area (Å²) in [6.45, 7) is -1.25. The largest absolute Gasteiger partial charge is 0.497 e. The summed E-state index contributed by atoms with van der Waals surface area (Å²) in [7, 11) is -3.28. The summed E-state index contributed by atoms with van der Waals surface area (Å²) in [5, 5.41) is 21.2. The number of rotatable bonds is 8. The first-order chi connectivity index (χ1) is 18.1. The van der Waals surface area contributed by atoms with Crippen LogP contribution in [0.3, 0.4) is 0 Å². The van der Waals surface area contributed by atoms with Crippen molar-refractivity contribution in [3.63, 3.8) is 0 Å². The van der Waals surface area contributed by atoms with Crippen molar-refractivity contribution in [1.82, 2.24) is 19.5 Å². The molecule has 16 nitrogen and oxygen atoms in total. The molecule has 0 spiro atoms. The lowest BCUT2D eigenvalue weighted by molar-refractivity contribution is -0.0517. The van der Waals surface area contributed by atoms with Crippen LogP contribution in [-0.2, 0) is 25.0 Å². The number of hydrogen-bond acceptors (Lipinski definition) is 13. The van der Waals surface area contributed by atoms with Gasteiger partial charge in [0.15, 0.2) is 22.8 Å². The Balaban J connectivity index is 1.25. The second-order valence-corrected chi connectivity index (χ2v) is 9.75. The maximum atomic E-state index is 12.4. The average Bonchev–Trinajstić information content (AvgIpc) is 3.42. The molecule has 3 aromatic heterocycles. The van der Waals surface area contributed by atoms with Gasteiger partial charge in [-0.25, -0.2) is 9.55 Å². The number of imidazole rings is 1. The smallest absolute Gasteiger partial charge is 0.472 e. The minimum absolute atomic E-state index is 0.00488. The van der Waals surface area contributed by atoms with Crippen molar-refractivity contribution in [2.24, 2.45) is 0 Å². The summed E-state index contributed by atoms with van der Waals surface area (Å²) in [6.07, 6.45) is -4.46. The number of nitrogens with two attached hydrogens (primary N) is 1. The molecule has 6 N–H and O–H groups in total. The van der Waals surface area contributed by atoms with E-state index in [2.05, 4.69) is 15.0 Å². The Morgan fingerprint density at radius 2 is 2.00 bits per heavy atom. The van der Waals surface area contributed by atoms with Crippen molar-refractivity contribution >= 4 is 35.9 Å². The number of aliphatic hydroxyl groups is 2. The number of phosphoric acid groups is 1. The van der Waals surface area contributed by atoms with E-state index in [-0.39, 0.29) is 33.8 Å². The molecule has 4 heterocycles. The average molecular weight is 551 g/mol. The molecule has 38 heavy (non-hydrogen) atoms. The number of aromatic amines is 1. The van der Waals surface area contributed by atoms with Gasteiger partial charge in [-0.05, 0) is 12.1 Å². The monoisotopic (exact) mass is 551 g/mol. The summed E-state index contributed by atoms with van der Waals surface area (Å²) in [5.41, 5.74) is 4.68. The zero-order valence-electron chi connectivity index (χ0n) is 19.6. The normalized spacial score (nSPS) is 23.2. The molecule has 1 unspecified atom stereocenters. The lowest BCUT2D eigenvalue weighted by atomic mass is 10.1. The quantitative estimate of drug-likeness (QED) is 0.178. The molecule has 1 saturated heterocycles. The van der Waals surface area contributed by atoms with Crippen LogP contribution in [0.4, 0.5) is 5.95 Å². The summed E-state index contributed by atoms with van der Waals surface area (Å²) in [5.74, 6) is 0.201. The second-order valence-electron chi connectivity index (χ2n) is 8.30.